The quantitative estimate of drug-likeness (QED) is 0.867. The van der Waals surface area contributed by atoms with Crippen molar-refractivity contribution >= 4 is 28.8 Å². The fraction of sp³-hybridized carbons (Fsp3) is 0.353. The average Bonchev–Trinajstić information content (AvgIpc) is 3.24. The Hall–Kier alpha value is -2.21. The summed E-state index contributed by atoms with van der Waals surface area (Å²) in [5.74, 6) is 0.185. The third-order valence-corrected chi connectivity index (χ3v) is 5.33. The van der Waals surface area contributed by atoms with Crippen LogP contribution in [0.1, 0.15) is 18.5 Å². The van der Waals surface area contributed by atoms with Crippen LogP contribution in [0.15, 0.2) is 41.2 Å². The van der Waals surface area contributed by atoms with Gasteiger partial charge in [-0.3, -0.25) is 14.6 Å². The minimum atomic E-state index is -0.00128. The van der Waals surface area contributed by atoms with E-state index in [1.165, 1.54) is 0 Å². The number of carbonyl (C=O) groups excluding carboxylic acids is 2. The van der Waals surface area contributed by atoms with Gasteiger partial charge in [-0.2, -0.15) is 11.3 Å². The fourth-order valence-electron chi connectivity index (χ4n) is 3.65. The summed E-state index contributed by atoms with van der Waals surface area (Å²) in [7, 11) is 0. The summed E-state index contributed by atoms with van der Waals surface area (Å²) in [5, 5.41) is 3.98. The Labute approximate surface area is 138 Å². The highest BCUT2D eigenvalue weighted by Gasteiger charge is 2.48. The molecule has 2 aliphatic heterocycles. The maximum atomic E-state index is 12.6. The highest BCUT2D eigenvalue weighted by atomic mass is 32.1. The second-order valence-electron chi connectivity index (χ2n) is 5.96. The molecule has 4 heterocycles. The molecule has 0 spiro atoms. The molecule has 0 radical (unpaired) electrons. The SMILES string of the molecule is O=C(Cc1ccccn1)N1CC[C@@H]2[C@@H]1CC(=O)N2c1ccsc1. The summed E-state index contributed by atoms with van der Waals surface area (Å²) in [6, 6.07) is 7.68. The van der Waals surface area contributed by atoms with Crippen molar-refractivity contribution in [2.45, 2.75) is 31.3 Å². The van der Waals surface area contributed by atoms with Crippen molar-refractivity contribution in [2.24, 2.45) is 0 Å². The lowest BCUT2D eigenvalue weighted by Gasteiger charge is -2.24. The lowest BCUT2D eigenvalue weighted by atomic mass is 10.1. The maximum Gasteiger partial charge on any atom is 0.229 e. The van der Waals surface area contributed by atoms with Crippen LogP contribution in [0.5, 0.6) is 0 Å². The van der Waals surface area contributed by atoms with Crippen LogP contribution in [0.3, 0.4) is 0 Å². The predicted molar refractivity (Wildman–Crippen MR) is 88.3 cm³/mol. The molecule has 2 aromatic rings. The first-order chi connectivity index (χ1) is 11.2. The number of carbonyl (C=O) groups is 2. The molecule has 5 nitrogen and oxygen atoms in total. The van der Waals surface area contributed by atoms with E-state index < -0.39 is 0 Å². The molecule has 2 saturated heterocycles. The van der Waals surface area contributed by atoms with E-state index in [-0.39, 0.29) is 23.9 Å². The molecule has 2 amide bonds. The number of aromatic nitrogens is 1. The Bertz CT molecular complexity index is 717. The van der Waals surface area contributed by atoms with Crippen LogP contribution in [-0.2, 0) is 16.0 Å². The van der Waals surface area contributed by atoms with Gasteiger partial charge in [-0.1, -0.05) is 6.07 Å². The first kappa shape index (κ1) is 14.4. The number of amides is 2. The molecule has 0 aromatic carbocycles. The Kier molecular flexibility index (Phi) is 3.61. The van der Waals surface area contributed by atoms with Crippen LogP contribution in [0.2, 0.25) is 0 Å². The van der Waals surface area contributed by atoms with E-state index in [9.17, 15) is 9.59 Å². The van der Waals surface area contributed by atoms with Gasteiger partial charge in [0.25, 0.3) is 0 Å². The van der Waals surface area contributed by atoms with Crippen LogP contribution in [0.4, 0.5) is 5.69 Å². The number of rotatable bonds is 3. The minimum absolute atomic E-state index is 0.00128. The van der Waals surface area contributed by atoms with Gasteiger partial charge in [-0.25, -0.2) is 0 Å². The van der Waals surface area contributed by atoms with E-state index in [0.717, 1.165) is 24.3 Å². The molecule has 118 valence electrons. The Balaban J connectivity index is 1.51. The van der Waals surface area contributed by atoms with E-state index >= 15 is 0 Å². The topological polar surface area (TPSA) is 53.5 Å². The molecular weight excluding hydrogens is 310 g/mol. The van der Waals surface area contributed by atoms with Gasteiger partial charge in [-0.05, 0) is 30.0 Å². The van der Waals surface area contributed by atoms with E-state index in [4.69, 9.17) is 0 Å². The number of nitrogens with zero attached hydrogens (tertiary/aromatic N) is 3. The van der Waals surface area contributed by atoms with Gasteiger partial charge in [-0.15, -0.1) is 0 Å². The van der Waals surface area contributed by atoms with Gasteiger partial charge >= 0.3 is 0 Å². The van der Waals surface area contributed by atoms with Gasteiger partial charge in [0, 0.05) is 30.2 Å². The zero-order chi connectivity index (χ0) is 15.8. The largest absolute Gasteiger partial charge is 0.337 e. The summed E-state index contributed by atoms with van der Waals surface area (Å²) >= 11 is 1.59. The van der Waals surface area contributed by atoms with Crippen LogP contribution in [0.25, 0.3) is 0 Å². The smallest absolute Gasteiger partial charge is 0.229 e. The number of likely N-dealkylation sites (tertiary alicyclic amines) is 1. The van der Waals surface area contributed by atoms with Crippen molar-refractivity contribution in [3.63, 3.8) is 0 Å². The third kappa shape index (κ3) is 2.53. The lowest BCUT2D eigenvalue weighted by Crippen LogP contribution is -2.40. The summed E-state index contributed by atoms with van der Waals surface area (Å²) in [6.07, 6.45) is 3.28. The number of pyridine rings is 1. The number of fused-ring (bicyclic) bond motifs is 1. The Morgan fingerprint density at radius 1 is 1.30 bits per heavy atom. The number of thiophene rings is 1. The summed E-state index contributed by atoms with van der Waals surface area (Å²) < 4.78 is 0. The van der Waals surface area contributed by atoms with E-state index in [1.54, 1.807) is 17.5 Å². The number of anilines is 1. The second-order valence-corrected chi connectivity index (χ2v) is 6.74. The molecule has 2 aliphatic rings. The van der Waals surface area contributed by atoms with Gasteiger partial charge in [0.05, 0.1) is 24.2 Å². The first-order valence-electron chi connectivity index (χ1n) is 7.77. The van der Waals surface area contributed by atoms with Gasteiger partial charge in [0.2, 0.25) is 11.8 Å². The van der Waals surface area contributed by atoms with Gasteiger partial charge < -0.3 is 9.80 Å². The predicted octanol–water partition coefficient (Wildman–Crippen LogP) is 2.09. The third-order valence-electron chi connectivity index (χ3n) is 4.66. The van der Waals surface area contributed by atoms with Crippen LogP contribution in [0, 0.1) is 0 Å². The highest BCUT2D eigenvalue weighted by molar-refractivity contribution is 7.08. The zero-order valence-corrected chi connectivity index (χ0v) is 13.4. The van der Waals surface area contributed by atoms with Crippen molar-refractivity contribution in [2.75, 3.05) is 11.4 Å². The van der Waals surface area contributed by atoms with E-state index in [1.807, 2.05) is 44.8 Å². The molecule has 0 bridgehead atoms. The molecule has 0 aliphatic carbocycles. The van der Waals surface area contributed by atoms with Crippen LogP contribution in [-0.4, -0.2) is 40.3 Å². The van der Waals surface area contributed by atoms with Gasteiger partial charge in [0.15, 0.2) is 0 Å². The maximum absolute atomic E-state index is 12.6. The molecule has 0 saturated carbocycles. The van der Waals surface area contributed by atoms with Crippen molar-refractivity contribution in [1.29, 1.82) is 0 Å². The fourth-order valence-corrected chi connectivity index (χ4v) is 4.27. The number of hydrogen-bond acceptors (Lipinski definition) is 4. The summed E-state index contributed by atoms with van der Waals surface area (Å²) in [6.45, 7) is 0.717. The molecule has 6 heteroatoms. The van der Waals surface area contributed by atoms with E-state index in [2.05, 4.69) is 4.98 Å². The molecule has 23 heavy (non-hydrogen) atoms. The molecule has 2 aromatic heterocycles. The summed E-state index contributed by atoms with van der Waals surface area (Å²) in [4.78, 5) is 33.0. The Morgan fingerprint density at radius 2 is 2.22 bits per heavy atom. The van der Waals surface area contributed by atoms with Crippen molar-refractivity contribution in [1.82, 2.24) is 9.88 Å². The second kappa shape index (κ2) is 5.77. The normalized spacial score (nSPS) is 23.4. The summed E-state index contributed by atoms with van der Waals surface area (Å²) in [5.41, 5.74) is 1.74. The van der Waals surface area contributed by atoms with Crippen LogP contribution >= 0.6 is 11.3 Å². The lowest BCUT2D eigenvalue weighted by molar-refractivity contribution is -0.131. The molecular formula is C17H17N3O2S. The molecule has 4 rings (SSSR count). The van der Waals surface area contributed by atoms with Crippen molar-refractivity contribution in [3.05, 3.63) is 46.9 Å². The zero-order valence-electron chi connectivity index (χ0n) is 12.6. The van der Waals surface area contributed by atoms with E-state index in [0.29, 0.717) is 12.8 Å². The average molecular weight is 327 g/mol. The van der Waals surface area contributed by atoms with Crippen LogP contribution < -0.4 is 4.90 Å². The first-order valence-corrected chi connectivity index (χ1v) is 8.72. The molecule has 2 atom stereocenters. The highest BCUT2D eigenvalue weighted by Crippen LogP contribution is 2.36. The van der Waals surface area contributed by atoms with Gasteiger partial charge in [0.1, 0.15) is 0 Å². The van der Waals surface area contributed by atoms with Crippen molar-refractivity contribution in [3.8, 4) is 0 Å². The molecule has 2 fully saturated rings. The minimum Gasteiger partial charge on any atom is -0.337 e. The number of hydrogen-bond donors (Lipinski definition) is 0. The molecule has 0 N–H and O–H groups in total. The standard InChI is InChI=1S/C17H17N3O2S/c21-16(9-12-3-1-2-6-18-12)19-7-4-14-15(19)10-17(22)20(14)13-5-8-23-11-13/h1-3,5-6,8,11,14-15H,4,7,9-10H2/t14-,15+/m1/s1. The monoisotopic (exact) mass is 327 g/mol. The Morgan fingerprint density at radius 3 is 2.96 bits per heavy atom. The van der Waals surface area contributed by atoms with Crippen molar-refractivity contribution < 1.29 is 9.59 Å². The molecule has 0 unspecified atom stereocenters.